The molecule has 8 nitrogen and oxygen atoms in total. The van der Waals surface area contributed by atoms with Crippen molar-refractivity contribution in [3.8, 4) is 0 Å². The first kappa shape index (κ1) is 21.1. The number of pyridine rings is 1. The van der Waals surface area contributed by atoms with E-state index in [4.69, 9.17) is 11.6 Å². The number of anilines is 2. The van der Waals surface area contributed by atoms with Crippen LogP contribution in [-0.4, -0.2) is 45.5 Å². The van der Waals surface area contributed by atoms with Crippen LogP contribution in [0.4, 0.5) is 16.3 Å². The molecule has 1 aliphatic rings. The third kappa shape index (κ3) is 4.80. The second-order valence-electron chi connectivity index (χ2n) is 7.59. The molecule has 1 fully saturated rings. The van der Waals surface area contributed by atoms with Crippen LogP contribution in [0.3, 0.4) is 0 Å². The summed E-state index contributed by atoms with van der Waals surface area (Å²) >= 11 is 6.05. The lowest BCUT2D eigenvalue weighted by atomic mass is 10.2. The van der Waals surface area contributed by atoms with E-state index in [-0.39, 0.29) is 18.1 Å². The molecule has 0 bridgehead atoms. The number of carbonyl (C=O) groups is 1. The molecule has 1 saturated heterocycles. The Morgan fingerprint density at radius 2 is 2.10 bits per heavy atom. The van der Waals surface area contributed by atoms with Crippen LogP contribution in [0.1, 0.15) is 32.0 Å². The van der Waals surface area contributed by atoms with Gasteiger partial charge in [-0.25, -0.2) is 14.8 Å². The van der Waals surface area contributed by atoms with Gasteiger partial charge in [0, 0.05) is 30.9 Å². The Bertz CT molecular complexity index is 1140. The highest BCUT2D eigenvalue weighted by atomic mass is 35.5. The Morgan fingerprint density at radius 1 is 1.29 bits per heavy atom. The van der Waals surface area contributed by atoms with Gasteiger partial charge in [0.2, 0.25) is 0 Å². The first-order chi connectivity index (χ1) is 15.0. The highest BCUT2D eigenvalue weighted by molar-refractivity contribution is 6.31. The van der Waals surface area contributed by atoms with Gasteiger partial charge in [-0.1, -0.05) is 18.5 Å². The number of aromatic nitrogens is 3. The van der Waals surface area contributed by atoms with Gasteiger partial charge in [-0.15, -0.1) is 0 Å². The lowest BCUT2D eigenvalue weighted by molar-refractivity contribution is 0.207. The van der Waals surface area contributed by atoms with Crippen LogP contribution in [0.2, 0.25) is 5.02 Å². The van der Waals surface area contributed by atoms with Crippen molar-refractivity contribution in [3.63, 3.8) is 0 Å². The minimum absolute atomic E-state index is 0.177. The van der Waals surface area contributed by atoms with Crippen LogP contribution in [0, 0.1) is 0 Å². The predicted octanol–water partition coefficient (Wildman–Crippen LogP) is 4.02. The van der Waals surface area contributed by atoms with Gasteiger partial charge in [0.15, 0.2) is 5.82 Å². The number of benzene rings is 1. The molecule has 3 heterocycles. The van der Waals surface area contributed by atoms with Gasteiger partial charge in [0.05, 0.1) is 23.1 Å². The van der Waals surface area contributed by atoms with Gasteiger partial charge in [-0.2, -0.15) is 0 Å². The number of carbonyl (C=O) groups excluding carboxylic acids is 1. The summed E-state index contributed by atoms with van der Waals surface area (Å²) in [5.41, 5.74) is 0.936. The SMILES string of the molecule is CCCN(Cc1nc2cc(Cl)ccc2c(=O)[nH]1)C(=O)Nc1cccnc1N1CCCC1. The van der Waals surface area contributed by atoms with Gasteiger partial charge in [-0.05, 0) is 49.6 Å². The number of rotatable bonds is 6. The molecule has 0 atom stereocenters. The normalized spacial score (nSPS) is 13.5. The Kier molecular flexibility index (Phi) is 6.36. The number of nitrogens with zero attached hydrogens (tertiary/aromatic N) is 4. The summed E-state index contributed by atoms with van der Waals surface area (Å²) in [5, 5.41) is 3.96. The second-order valence-corrected chi connectivity index (χ2v) is 8.03. The summed E-state index contributed by atoms with van der Waals surface area (Å²) in [7, 11) is 0. The number of nitrogens with one attached hydrogen (secondary N) is 2. The maximum absolute atomic E-state index is 13.1. The molecule has 0 unspecified atom stereocenters. The van der Waals surface area contributed by atoms with E-state index in [1.54, 1.807) is 29.3 Å². The quantitative estimate of drug-likeness (QED) is 0.603. The van der Waals surface area contributed by atoms with Crippen molar-refractivity contribution in [2.75, 3.05) is 29.9 Å². The van der Waals surface area contributed by atoms with Crippen LogP contribution in [0.15, 0.2) is 41.3 Å². The number of H-pyrrole nitrogens is 1. The third-order valence-corrected chi connectivity index (χ3v) is 5.51. The average molecular weight is 441 g/mol. The molecule has 4 rings (SSSR count). The number of hydrogen-bond acceptors (Lipinski definition) is 5. The van der Waals surface area contributed by atoms with Gasteiger partial charge < -0.3 is 20.1 Å². The van der Waals surface area contributed by atoms with Crippen molar-refractivity contribution in [3.05, 3.63) is 57.7 Å². The van der Waals surface area contributed by atoms with Gasteiger partial charge in [-0.3, -0.25) is 4.79 Å². The maximum Gasteiger partial charge on any atom is 0.322 e. The molecule has 1 aromatic carbocycles. The molecular formula is C22H25ClN6O2. The fourth-order valence-electron chi connectivity index (χ4n) is 3.81. The zero-order valence-corrected chi connectivity index (χ0v) is 18.2. The van der Waals surface area contributed by atoms with Gasteiger partial charge >= 0.3 is 6.03 Å². The standard InChI is InChI=1S/C22H25ClN6O2/c1-2-10-29(14-19-25-18-13-15(23)7-8-16(18)21(30)27-19)22(31)26-17-6-5-9-24-20(17)28-11-3-4-12-28/h5-9,13H,2-4,10-12,14H2,1H3,(H,26,31)(H,25,27,30). The number of urea groups is 1. The zero-order valence-electron chi connectivity index (χ0n) is 17.4. The molecule has 31 heavy (non-hydrogen) atoms. The lowest BCUT2D eigenvalue weighted by Crippen LogP contribution is -2.36. The van der Waals surface area contributed by atoms with Crippen LogP contribution < -0.4 is 15.8 Å². The number of halogens is 1. The van der Waals surface area contributed by atoms with Crippen molar-refractivity contribution in [2.24, 2.45) is 0 Å². The highest BCUT2D eigenvalue weighted by Crippen LogP contribution is 2.26. The monoisotopic (exact) mass is 440 g/mol. The summed E-state index contributed by atoms with van der Waals surface area (Å²) in [6, 6.07) is 8.36. The Morgan fingerprint density at radius 3 is 2.87 bits per heavy atom. The van der Waals surface area contributed by atoms with Crippen molar-refractivity contribution in [1.29, 1.82) is 0 Å². The van der Waals surface area contributed by atoms with E-state index >= 15 is 0 Å². The Balaban J connectivity index is 1.56. The molecule has 3 aromatic rings. The second kappa shape index (κ2) is 9.34. The van der Waals surface area contributed by atoms with E-state index in [1.165, 1.54) is 0 Å². The molecule has 2 amide bonds. The summed E-state index contributed by atoms with van der Waals surface area (Å²) in [4.78, 5) is 41.1. The van der Waals surface area contributed by atoms with E-state index in [2.05, 4.69) is 25.2 Å². The molecule has 0 radical (unpaired) electrons. The van der Waals surface area contributed by atoms with Crippen LogP contribution >= 0.6 is 11.6 Å². The largest absolute Gasteiger partial charge is 0.355 e. The molecular weight excluding hydrogens is 416 g/mol. The van der Waals surface area contributed by atoms with Gasteiger partial charge in [0.25, 0.3) is 5.56 Å². The summed E-state index contributed by atoms with van der Waals surface area (Å²) in [5.74, 6) is 1.20. The first-order valence-electron chi connectivity index (χ1n) is 10.5. The molecule has 2 N–H and O–H groups in total. The van der Waals surface area contributed by atoms with Crippen LogP contribution in [0.5, 0.6) is 0 Å². The lowest BCUT2D eigenvalue weighted by Gasteiger charge is -2.24. The molecule has 0 aliphatic carbocycles. The van der Waals surface area contributed by atoms with Gasteiger partial charge in [0.1, 0.15) is 5.82 Å². The molecule has 0 spiro atoms. The fourth-order valence-corrected chi connectivity index (χ4v) is 3.98. The predicted molar refractivity (Wildman–Crippen MR) is 123 cm³/mol. The van der Waals surface area contributed by atoms with Crippen molar-refractivity contribution in [1.82, 2.24) is 19.9 Å². The third-order valence-electron chi connectivity index (χ3n) is 5.27. The first-order valence-corrected chi connectivity index (χ1v) is 10.9. The van der Waals surface area contributed by atoms with Crippen molar-refractivity contribution < 1.29 is 4.79 Å². The minimum atomic E-state index is -0.260. The summed E-state index contributed by atoms with van der Waals surface area (Å²) < 4.78 is 0. The minimum Gasteiger partial charge on any atom is -0.355 e. The van der Waals surface area contributed by atoms with E-state index in [0.717, 1.165) is 38.2 Å². The zero-order chi connectivity index (χ0) is 21.8. The maximum atomic E-state index is 13.1. The van der Waals surface area contributed by atoms with E-state index in [1.807, 2.05) is 19.1 Å². The smallest absolute Gasteiger partial charge is 0.322 e. The Hall–Kier alpha value is -3.13. The summed E-state index contributed by atoms with van der Waals surface area (Å²) in [6.45, 7) is 4.56. The molecule has 162 valence electrons. The number of amides is 2. The fraction of sp³-hybridized carbons (Fsp3) is 0.364. The Labute approximate surface area is 185 Å². The molecule has 0 saturated carbocycles. The van der Waals surface area contributed by atoms with Crippen LogP contribution in [-0.2, 0) is 6.54 Å². The number of hydrogen-bond donors (Lipinski definition) is 2. The van der Waals surface area contributed by atoms with Crippen molar-refractivity contribution >= 4 is 40.0 Å². The van der Waals surface area contributed by atoms with E-state index < -0.39 is 0 Å². The summed E-state index contributed by atoms with van der Waals surface area (Å²) in [6.07, 6.45) is 4.75. The van der Waals surface area contributed by atoms with E-state index in [9.17, 15) is 9.59 Å². The highest BCUT2D eigenvalue weighted by Gasteiger charge is 2.21. The van der Waals surface area contributed by atoms with E-state index in [0.29, 0.717) is 34.0 Å². The van der Waals surface area contributed by atoms with Crippen LogP contribution in [0.25, 0.3) is 10.9 Å². The molecule has 1 aliphatic heterocycles. The molecule has 2 aromatic heterocycles. The number of aromatic amines is 1. The molecule has 9 heteroatoms. The topological polar surface area (TPSA) is 94.2 Å². The number of fused-ring (bicyclic) bond motifs is 1. The van der Waals surface area contributed by atoms with Crippen molar-refractivity contribution in [2.45, 2.75) is 32.7 Å². The average Bonchev–Trinajstić information content (AvgIpc) is 3.28.